The molecule has 0 aromatic rings. The van der Waals surface area contributed by atoms with Gasteiger partial charge in [-0.3, -0.25) is 32.5 Å². The molecule has 18 heteroatoms. The van der Waals surface area contributed by atoms with Crippen molar-refractivity contribution in [3.8, 4) is 0 Å². The van der Waals surface area contributed by atoms with E-state index >= 15 is 0 Å². The van der Waals surface area contributed by atoms with Crippen molar-refractivity contribution in [2.24, 2.45) is 0 Å². The molecule has 0 rings (SSSR count). The van der Waals surface area contributed by atoms with Gasteiger partial charge in [-0.2, -0.15) is 0 Å². The number of carbonyl (C=O) groups is 3. The van der Waals surface area contributed by atoms with E-state index in [4.69, 9.17) is 32.3 Å². The Morgan fingerprint density at radius 2 is 0.450 bits per heavy atom. The van der Waals surface area contributed by atoms with Crippen molar-refractivity contribution in [1.29, 1.82) is 0 Å². The van der Waals surface area contributed by atoms with Gasteiger partial charge in [0.05, 0.1) is 26.4 Å². The van der Waals surface area contributed by atoms with Crippen LogP contribution in [-0.4, -0.2) is 95.9 Å². The second kappa shape index (κ2) is 84.1. The molecule has 5 atom stereocenters. The van der Waals surface area contributed by atoms with Crippen LogP contribution in [0.2, 0.25) is 0 Å². The molecule has 4 N–H and O–H groups in total. The molecule has 0 bridgehead atoms. The van der Waals surface area contributed by atoms with Gasteiger partial charge in [-0.1, -0.05) is 338 Å². The van der Waals surface area contributed by atoms with Gasteiger partial charge in [0.15, 0.2) is 6.10 Å². The first-order chi connectivity index (χ1) is 54.2. The molecule has 111 heavy (non-hydrogen) atoms. The summed E-state index contributed by atoms with van der Waals surface area (Å²) in [7, 11) is -9.82. The van der Waals surface area contributed by atoms with Gasteiger partial charge in [0.25, 0.3) is 0 Å². The molecule has 16 nitrogen and oxygen atoms in total. The predicted molar refractivity (Wildman–Crippen MR) is 463 cm³/mol. The van der Waals surface area contributed by atoms with Gasteiger partial charge < -0.3 is 34.2 Å². The number of carbonyl (C=O) groups excluding carboxylic acids is 3. The lowest BCUT2D eigenvalue weighted by atomic mass is 10.1. The highest BCUT2D eigenvalue weighted by Gasteiger charge is 2.29. The number of aliphatic hydroxyl groups excluding tert-OH is 2. The fourth-order valence-electron chi connectivity index (χ4n) is 11.2. The zero-order chi connectivity index (χ0) is 80.8. The summed E-state index contributed by atoms with van der Waals surface area (Å²) in [5.41, 5.74) is 0. The Bertz CT molecular complexity index is 2750. The van der Waals surface area contributed by atoms with Crippen molar-refractivity contribution in [3.05, 3.63) is 182 Å². The van der Waals surface area contributed by atoms with E-state index in [2.05, 4.69) is 203 Å². The molecule has 0 amide bonds. The van der Waals surface area contributed by atoms with Crippen LogP contribution in [0.25, 0.3) is 0 Å². The van der Waals surface area contributed by atoms with Crippen molar-refractivity contribution in [1.82, 2.24) is 0 Å². The third-order valence-electron chi connectivity index (χ3n) is 17.6. The van der Waals surface area contributed by atoms with Crippen LogP contribution in [0.15, 0.2) is 182 Å². The minimum Gasteiger partial charge on any atom is -0.463 e. The Morgan fingerprint density at radius 3 is 0.712 bits per heavy atom. The monoisotopic (exact) mass is 1590 g/mol. The lowest BCUT2D eigenvalue weighted by Crippen LogP contribution is -2.30. The molecule has 632 valence electrons. The first-order valence-electron chi connectivity index (χ1n) is 43.1. The molecular weight excluding hydrogens is 1430 g/mol. The molecular formula is C93H154O16P2. The summed E-state index contributed by atoms with van der Waals surface area (Å²) in [5.74, 6) is -1.60. The van der Waals surface area contributed by atoms with Crippen LogP contribution >= 0.6 is 15.6 Å². The Kier molecular flexibility index (Phi) is 80.0. The van der Waals surface area contributed by atoms with Gasteiger partial charge in [-0.15, -0.1) is 0 Å². The number of phosphoric ester groups is 2. The fraction of sp³-hybridized carbons (Fsp3) is 0.645. The molecule has 5 unspecified atom stereocenters. The Hall–Kier alpha value is -5.35. The summed E-state index contributed by atoms with van der Waals surface area (Å²) < 4.78 is 61.4. The van der Waals surface area contributed by atoms with E-state index in [1.54, 1.807) is 0 Å². The zero-order valence-electron chi connectivity index (χ0n) is 69.3. The van der Waals surface area contributed by atoms with Crippen LogP contribution in [-0.2, 0) is 55.8 Å². The summed E-state index contributed by atoms with van der Waals surface area (Å²) in [5, 5.41) is 20.7. The highest BCUT2D eigenvalue weighted by atomic mass is 31.2. The normalized spacial score (nSPS) is 14.8. The van der Waals surface area contributed by atoms with Gasteiger partial charge in [0.2, 0.25) is 0 Å². The van der Waals surface area contributed by atoms with Gasteiger partial charge in [0.1, 0.15) is 25.4 Å². The van der Waals surface area contributed by atoms with E-state index in [1.165, 1.54) is 70.6 Å². The van der Waals surface area contributed by atoms with Gasteiger partial charge >= 0.3 is 33.6 Å². The van der Waals surface area contributed by atoms with Crippen molar-refractivity contribution >= 4 is 33.6 Å². The van der Waals surface area contributed by atoms with E-state index in [-0.39, 0.29) is 19.3 Å². The Morgan fingerprint density at radius 1 is 0.252 bits per heavy atom. The van der Waals surface area contributed by atoms with Crippen molar-refractivity contribution in [2.75, 3.05) is 39.6 Å². The summed E-state index contributed by atoms with van der Waals surface area (Å²) in [4.78, 5) is 58.9. The smallest absolute Gasteiger partial charge is 0.463 e. The molecule has 0 saturated heterocycles. The second-order valence-electron chi connectivity index (χ2n) is 28.2. The lowest BCUT2D eigenvalue weighted by Gasteiger charge is -2.21. The number of ether oxygens (including phenoxy) is 3. The maximum Gasteiger partial charge on any atom is 0.472 e. The molecule has 0 aromatic carbocycles. The van der Waals surface area contributed by atoms with Crippen LogP contribution < -0.4 is 0 Å². The molecule has 0 aliphatic heterocycles. The van der Waals surface area contributed by atoms with E-state index in [1.807, 2.05) is 0 Å². The standard InChI is InChI=1S/C93H154O16P2/c1-4-7-10-13-16-19-22-25-28-31-34-37-40-43-46-49-52-55-58-61-64-67-70-73-76-79-91(96)103-82-88(94)83-105-110(99,100)106-84-89(95)85-107-111(101,102)108-87-90(109-93(98)81-78-75-72-69-66-63-60-57-54-51-48-45-42-39-36-33-30-27-24-21-18-15-12-9-6-3)86-104-92(97)80-77-74-71-68-65-62-59-56-53-50-47-44-41-38-35-32-29-26-23-20-17-14-11-8-5-2/h7-12,16-21,25-30,34-39,43-48,88-90,94-95H,4-6,13-15,22-24,31-33,40-42,49-87H2,1-3H3,(H,99,100)(H,101,102)/b10-7-,11-8-,12-9-,19-16-,20-17-,21-18-,28-25-,29-26-,30-27-,37-34-,38-35-,39-36-,46-43-,47-44-,48-45-. The third-order valence-corrected chi connectivity index (χ3v) is 19.5. The van der Waals surface area contributed by atoms with Crippen molar-refractivity contribution in [2.45, 2.75) is 347 Å². The Balaban J connectivity index is 4.72. The van der Waals surface area contributed by atoms with Crippen LogP contribution in [0.5, 0.6) is 0 Å². The quantitative estimate of drug-likeness (QED) is 0.0146. The van der Waals surface area contributed by atoms with Gasteiger partial charge in [-0.05, 0) is 154 Å². The van der Waals surface area contributed by atoms with Gasteiger partial charge in [0, 0.05) is 19.3 Å². The number of aliphatic hydroxyl groups is 2. The van der Waals surface area contributed by atoms with Crippen LogP contribution in [0, 0.1) is 0 Å². The van der Waals surface area contributed by atoms with Crippen LogP contribution in [0.3, 0.4) is 0 Å². The number of unbranched alkanes of at least 4 members (excludes halogenated alkanes) is 27. The fourth-order valence-corrected chi connectivity index (χ4v) is 12.8. The maximum atomic E-state index is 13.1. The maximum absolute atomic E-state index is 13.1. The van der Waals surface area contributed by atoms with E-state index in [0.29, 0.717) is 19.3 Å². The average Bonchev–Trinajstić information content (AvgIpc) is 0.900. The minimum atomic E-state index is -4.95. The second-order valence-corrected chi connectivity index (χ2v) is 31.1. The number of allylic oxidation sites excluding steroid dienone is 30. The molecule has 0 aromatic heterocycles. The number of phosphoric acid groups is 2. The SMILES string of the molecule is CC/C=C\C/C=C\C/C=C\C/C=C\C/C=C\CCCCCCCCCCCC(=O)OCC(O)COP(=O)(O)OCC(O)COP(=O)(O)OCC(COC(=O)CCCCCCCCCCC/C=C\C/C=C\C/C=C\C/C=C\C/C=C\CC)OC(=O)CCCCCCCCCCC/C=C\C/C=C\C/C=C\C/C=C\C/C=C\CC. The predicted octanol–water partition coefficient (Wildman–Crippen LogP) is 26.1. The number of esters is 3. The molecule has 0 aliphatic rings. The van der Waals surface area contributed by atoms with Crippen molar-refractivity contribution < 1.29 is 75.8 Å². The highest BCUT2D eigenvalue weighted by Crippen LogP contribution is 2.45. The third kappa shape index (κ3) is 85.4. The largest absolute Gasteiger partial charge is 0.472 e. The molecule has 0 aliphatic carbocycles. The van der Waals surface area contributed by atoms with E-state index in [9.17, 15) is 43.5 Å². The number of rotatable bonds is 80. The minimum absolute atomic E-state index is 0.0890. The van der Waals surface area contributed by atoms with Crippen LogP contribution in [0.1, 0.15) is 329 Å². The summed E-state index contributed by atoms with van der Waals surface area (Å²) in [6.45, 7) is 2.34. The van der Waals surface area contributed by atoms with Crippen LogP contribution in [0.4, 0.5) is 0 Å². The van der Waals surface area contributed by atoms with Crippen molar-refractivity contribution in [3.63, 3.8) is 0 Å². The van der Waals surface area contributed by atoms with Gasteiger partial charge in [-0.25, -0.2) is 9.13 Å². The average molecular weight is 1590 g/mol. The summed E-state index contributed by atoms with van der Waals surface area (Å²) in [6.07, 6.45) is 109. The zero-order valence-corrected chi connectivity index (χ0v) is 71.1. The number of hydrogen-bond donors (Lipinski definition) is 4. The summed E-state index contributed by atoms with van der Waals surface area (Å²) >= 11 is 0. The first kappa shape index (κ1) is 106. The highest BCUT2D eigenvalue weighted by molar-refractivity contribution is 7.47. The summed E-state index contributed by atoms with van der Waals surface area (Å²) in [6, 6.07) is 0. The van der Waals surface area contributed by atoms with E-state index in [0.717, 1.165) is 199 Å². The topological polar surface area (TPSA) is 231 Å². The lowest BCUT2D eigenvalue weighted by molar-refractivity contribution is -0.161. The molecule has 0 spiro atoms. The molecule has 0 saturated carbocycles. The van der Waals surface area contributed by atoms with E-state index < -0.39 is 91.5 Å². The molecule has 0 radical (unpaired) electrons. The molecule has 0 fully saturated rings. The Labute approximate surface area is 675 Å². The first-order valence-corrected chi connectivity index (χ1v) is 46.1. The number of hydrogen-bond acceptors (Lipinski definition) is 14. The molecule has 0 heterocycles.